The number of nitrogen functional groups attached to an aromatic ring is 1. The van der Waals surface area contributed by atoms with Gasteiger partial charge in [0.05, 0.1) is 18.9 Å². The molecule has 0 spiro atoms. The fourth-order valence-corrected chi connectivity index (χ4v) is 2.84. The number of nitrogens with zero attached hydrogens (tertiary/aromatic N) is 2. The summed E-state index contributed by atoms with van der Waals surface area (Å²) >= 11 is 1.68. The van der Waals surface area contributed by atoms with Crippen molar-refractivity contribution in [2.75, 3.05) is 36.9 Å². The number of hydrogen-bond acceptors (Lipinski definition) is 5. The minimum absolute atomic E-state index is 0.780. The zero-order chi connectivity index (χ0) is 12.4. The highest BCUT2D eigenvalue weighted by molar-refractivity contribution is 7.14. The summed E-state index contributed by atoms with van der Waals surface area (Å²) in [7, 11) is 0. The standard InChI is InChI=1S/C13H15N3OS/c14-11-3-1-10(2-4-11)12-9-18-13(15-12)16-5-7-17-8-6-16/h1-4,9H,5-8,14H2. The number of hydrogen-bond donors (Lipinski definition) is 1. The minimum atomic E-state index is 0.780. The van der Waals surface area contributed by atoms with Crippen molar-refractivity contribution in [3.05, 3.63) is 29.6 Å². The summed E-state index contributed by atoms with van der Waals surface area (Å²) in [5.74, 6) is 0. The third kappa shape index (κ3) is 2.32. The molecule has 1 aromatic carbocycles. The zero-order valence-electron chi connectivity index (χ0n) is 10.0. The molecular formula is C13H15N3OS. The molecule has 2 aromatic rings. The van der Waals surface area contributed by atoms with Crippen LogP contribution in [0.1, 0.15) is 0 Å². The van der Waals surface area contributed by atoms with Gasteiger partial charge >= 0.3 is 0 Å². The summed E-state index contributed by atoms with van der Waals surface area (Å²) in [4.78, 5) is 6.95. The second-order valence-electron chi connectivity index (χ2n) is 4.24. The van der Waals surface area contributed by atoms with Gasteiger partial charge in [-0.3, -0.25) is 0 Å². The Morgan fingerprint density at radius 3 is 2.61 bits per heavy atom. The van der Waals surface area contributed by atoms with Crippen molar-refractivity contribution in [2.45, 2.75) is 0 Å². The van der Waals surface area contributed by atoms with Crippen LogP contribution in [-0.2, 0) is 4.74 Å². The molecule has 0 atom stereocenters. The highest BCUT2D eigenvalue weighted by Gasteiger charge is 2.14. The van der Waals surface area contributed by atoms with Crippen LogP contribution in [-0.4, -0.2) is 31.3 Å². The lowest BCUT2D eigenvalue weighted by molar-refractivity contribution is 0.122. The molecule has 5 heteroatoms. The van der Waals surface area contributed by atoms with Gasteiger partial charge in [0, 0.05) is 29.7 Å². The Morgan fingerprint density at radius 2 is 1.89 bits per heavy atom. The van der Waals surface area contributed by atoms with Crippen molar-refractivity contribution >= 4 is 22.2 Å². The van der Waals surface area contributed by atoms with E-state index in [0.29, 0.717) is 0 Å². The van der Waals surface area contributed by atoms with Gasteiger partial charge in [-0.05, 0) is 12.1 Å². The molecule has 0 aliphatic carbocycles. The molecule has 18 heavy (non-hydrogen) atoms. The summed E-state index contributed by atoms with van der Waals surface area (Å²) in [6.45, 7) is 3.43. The van der Waals surface area contributed by atoms with Crippen LogP contribution in [0.4, 0.5) is 10.8 Å². The second-order valence-corrected chi connectivity index (χ2v) is 5.07. The van der Waals surface area contributed by atoms with E-state index in [-0.39, 0.29) is 0 Å². The monoisotopic (exact) mass is 261 g/mol. The lowest BCUT2D eigenvalue weighted by atomic mass is 10.1. The van der Waals surface area contributed by atoms with Crippen molar-refractivity contribution in [3.63, 3.8) is 0 Å². The Bertz CT molecular complexity index is 517. The summed E-state index contributed by atoms with van der Waals surface area (Å²) in [5.41, 5.74) is 8.59. The van der Waals surface area contributed by atoms with Crippen LogP contribution in [0, 0.1) is 0 Å². The highest BCUT2D eigenvalue weighted by atomic mass is 32.1. The first-order chi connectivity index (χ1) is 8.83. The third-order valence-corrected chi connectivity index (χ3v) is 3.88. The van der Waals surface area contributed by atoms with Gasteiger partial charge in [0.2, 0.25) is 0 Å². The number of anilines is 2. The van der Waals surface area contributed by atoms with Crippen molar-refractivity contribution in [1.82, 2.24) is 4.98 Å². The number of aromatic nitrogens is 1. The Labute approximate surface area is 110 Å². The van der Waals surface area contributed by atoms with Gasteiger partial charge in [-0.2, -0.15) is 0 Å². The smallest absolute Gasteiger partial charge is 0.186 e. The van der Waals surface area contributed by atoms with E-state index >= 15 is 0 Å². The van der Waals surface area contributed by atoms with E-state index < -0.39 is 0 Å². The fourth-order valence-electron chi connectivity index (χ4n) is 1.95. The minimum Gasteiger partial charge on any atom is -0.399 e. The van der Waals surface area contributed by atoms with Gasteiger partial charge < -0.3 is 15.4 Å². The molecule has 2 heterocycles. The average Bonchev–Trinajstić information content (AvgIpc) is 2.90. The van der Waals surface area contributed by atoms with Crippen molar-refractivity contribution < 1.29 is 4.74 Å². The van der Waals surface area contributed by atoms with E-state index in [1.165, 1.54) is 0 Å². The first-order valence-corrected chi connectivity index (χ1v) is 6.85. The first kappa shape index (κ1) is 11.5. The quantitative estimate of drug-likeness (QED) is 0.842. The molecule has 0 unspecified atom stereocenters. The van der Waals surface area contributed by atoms with Crippen LogP contribution in [0.15, 0.2) is 29.6 Å². The molecule has 1 aliphatic heterocycles. The number of ether oxygens (including phenoxy) is 1. The number of rotatable bonds is 2. The molecule has 1 aliphatic rings. The molecule has 0 radical (unpaired) electrons. The number of thiazole rings is 1. The predicted molar refractivity (Wildman–Crippen MR) is 75.0 cm³/mol. The summed E-state index contributed by atoms with van der Waals surface area (Å²) in [5, 5.41) is 3.17. The van der Waals surface area contributed by atoms with E-state index in [9.17, 15) is 0 Å². The maximum absolute atomic E-state index is 5.69. The average molecular weight is 261 g/mol. The first-order valence-electron chi connectivity index (χ1n) is 5.97. The van der Waals surface area contributed by atoms with Gasteiger partial charge in [0.15, 0.2) is 5.13 Å². The van der Waals surface area contributed by atoms with Crippen LogP contribution < -0.4 is 10.6 Å². The normalized spacial score (nSPS) is 15.9. The summed E-state index contributed by atoms with van der Waals surface area (Å²) in [6.07, 6.45) is 0. The Kier molecular flexibility index (Phi) is 3.17. The third-order valence-electron chi connectivity index (χ3n) is 2.98. The van der Waals surface area contributed by atoms with E-state index in [4.69, 9.17) is 10.5 Å². The molecule has 0 amide bonds. The molecule has 1 saturated heterocycles. The lowest BCUT2D eigenvalue weighted by Crippen LogP contribution is -2.36. The van der Waals surface area contributed by atoms with Gasteiger partial charge in [0.25, 0.3) is 0 Å². The molecule has 4 nitrogen and oxygen atoms in total. The number of nitrogens with two attached hydrogens (primary N) is 1. The van der Waals surface area contributed by atoms with Gasteiger partial charge in [-0.25, -0.2) is 4.98 Å². The van der Waals surface area contributed by atoms with Crippen molar-refractivity contribution in [1.29, 1.82) is 0 Å². The maximum Gasteiger partial charge on any atom is 0.186 e. The predicted octanol–water partition coefficient (Wildman–Crippen LogP) is 2.23. The van der Waals surface area contributed by atoms with Crippen molar-refractivity contribution in [3.8, 4) is 11.3 Å². The largest absolute Gasteiger partial charge is 0.399 e. The van der Waals surface area contributed by atoms with Gasteiger partial charge in [-0.15, -0.1) is 11.3 Å². The van der Waals surface area contributed by atoms with Crippen LogP contribution >= 0.6 is 11.3 Å². The van der Waals surface area contributed by atoms with Crippen molar-refractivity contribution in [2.24, 2.45) is 0 Å². The topological polar surface area (TPSA) is 51.4 Å². The Hall–Kier alpha value is -1.59. The van der Waals surface area contributed by atoms with Crippen LogP contribution in [0.2, 0.25) is 0 Å². The summed E-state index contributed by atoms with van der Waals surface area (Å²) in [6, 6.07) is 7.83. The van der Waals surface area contributed by atoms with Gasteiger partial charge in [0.1, 0.15) is 0 Å². The maximum atomic E-state index is 5.69. The second kappa shape index (κ2) is 4.96. The molecule has 94 valence electrons. The van der Waals surface area contributed by atoms with E-state index in [0.717, 1.165) is 48.4 Å². The molecule has 3 rings (SSSR count). The molecule has 0 bridgehead atoms. The molecule has 1 aromatic heterocycles. The molecule has 2 N–H and O–H groups in total. The van der Waals surface area contributed by atoms with E-state index in [1.54, 1.807) is 11.3 Å². The van der Waals surface area contributed by atoms with Gasteiger partial charge in [-0.1, -0.05) is 12.1 Å². The van der Waals surface area contributed by atoms with Crippen LogP contribution in [0.3, 0.4) is 0 Å². The molecule has 0 saturated carbocycles. The summed E-state index contributed by atoms with van der Waals surface area (Å²) < 4.78 is 5.35. The molecule has 1 fully saturated rings. The van der Waals surface area contributed by atoms with Crippen LogP contribution in [0.5, 0.6) is 0 Å². The molecular weight excluding hydrogens is 246 g/mol. The number of morpholine rings is 1. The SMILES string of the molecule is Nc1ccc(-c2csc(N3CCOCC3)n2)cc1. The van der Waals surface area contributed by atoms with Crippen LogP contribution in [0.25, 0.3) is 11.3 Å². The zero-order valence-corrected chi connectivity index (χ0v) is 10.8. The van der Waals surface area contributed by atoms with E-state index in [2.05, 4.69) is 15.3 Å². The fraction of sp³-hybridized carbons (Fsp3) is 0.308. The lowest BCUT2D eigenvalue weighted by Gasteiger charge is -2.26. The highest BCUT2D eigenvalue weighted by Crippen LogP contribution is 2.28. The Balaban J connectivity index is 1.82. The van der Waals surface area contributed by atoms with E-state index in [1.807, 2.05) is 24.3 Å². The number of benzene rings is 1. The Morgan fingerprint density at radius 1 is 1.17 bits per heavy atom.